The molecule has 1 fully saturated rings. The highest BCUT2D eigenvalue weighted by Crippen LogP contribution is 2.28. The summed E-state index contributed by atoms with van der Waals surface area (Å²) < 4.78 is 0. The van der Waals surface area contributed by atoms with E-state index in [0.717, 1.165) is 41.6 Å². The number of likely N-dealkylation sites (tertiary alicyclic amines) is 1. The van der Waals surface area contributed by atoms with Gasteiger partial charge in [-0.05, 0) is 29.8 Å². The van der Waals surface area contributed by atoms with Crippen LogP contribution in [0.1, 0.15) is 17.0 Å². The first-order valence-electron chi connectivity index (χ1n) is 8.12. The number of aromatic nitrogens is 2. The highest BCUT2D eigenvalue weighted by Gasteiger charge is 2.27. The Labute approximate surface area is 147 Å². The maximum atomic E-state index is 5.91. The molecular weight excluding hydrogens is 318 g/mol. The molecule has 3 nitrogen and oxygen atoms in total. The van der Waals surface area contributed by atoms with E-state index in [1.807, 2.05) is 36.7 Å². The fourth-order valence-electron chi connectivity index (χ4n) is 3.08. The van der Waals surface area contributed by atoms with Crippen molar-refractivity contribution >= 4 is 11.6 Å². The second-order valence-corrected chi connectivity index (χ2v) is 6.66. The summed E-state index contributed by atoms with van der Waals surface area (Å²) in [7, 11) is 0. The van der Waals surface area contributed by atoms with Crippen LogP contribution in [0, 0.1) is 0 Å². The van der Waals surface area contributed by atoms with Gasteiger partial charge in [0, 0.05) is 54.1 Å². The zero-order chi connectivity index (χ0) is 16.4. The van der Waals surface area contributed by atoms with Crippen LogP contribution < -0.4 is 0 Å². The summed E-state index contributed by atoms with van der Waals surface area (Å²) >= 11 is 5.91. The van der Waals surface area contributed by atoms with E-state index in [2.05, 4.69) is 45.2 Å². The van der Waals surface area contributed by atoms with Gasteiger partial charge in [0.1, 0.15) is 0 Å². The zero-order valence-electron chi connectivity index (χ0n) is 13.3. The van der Waals surface area contributed by atoms with Crippen molar-refractivity contribution < 1.29 is 0 Å². The Balaban J connectivity index is 1.36. The van der Waals surface area contributed by atoms with Crippen LogP contribution in [0.2, 0.25) is 5.02 Å². The molecule has 0 bridgehead atoms. The number of halogens is 1. The molecule has 120 valence electrons. The number of hydrogen-bond donors (Lipinski definition) is 0. The molecule has 0 saturated carbocycles. The van der Waals surface area contributed by atoms with Crippen LogP contribution in [0.25, 0.3) is 11.4 Å². The van der Waals surface area contributed by atoms with Crippen molar-refractivity contribution in [2.75, 3.05) is 13.1 Å². The Kier molecular flexibility index (Phi) is 4.28. The Morgan fingerprint density at radius 3 is 2.25 bits per heavy atom. The summed E-state index contributed by atoms with van der Waals surface area (Å²) in [5.74, 6) is 1.39. The molecular formula is C20H18ClN3. The van der Waals surface area contributed by atoms with E-state index < -0.39 is 0 Å². The van der Waals surface area contributed by atoms with Crippen molar-refractivity contribution in [1.82, 2.24) is 14.9 Å². The maximum Gasteiger partial charge on any atom is 0.159 e. The van der Waals surface area contributed by atoms with Crippen LogP contribution in [0.5, 0.6) is 0 Å². The molecule has 3 aromatic rings. The Hall–Kier alpha value is -2.23. The van der Waals surface area contributed by atoms with Crippen LogP contribution in [-0.4, -0.2) is 28.0 Å². The zero-order valence-corrected chi connectivity index (χ0v) is 14.0. The van der Waals surface area contributed by atoms with Crippen molar-refractivity contribution in [3.05, 3.63) is 83.1 Å². The van der Waals surface area contributed by atoms with Crippen molar-refractivity contribution in [2.24, 2.45) is 0 Å². The molecule has 4 heteroatoms. The summed E-state index contributed by atoms with van der Waals surface area (Å²) in [6.45, 7) is 3.11. The quantitative estimate of drug-likeness (QED) is 0.707. The van der Waals surface area contributed by atoms with Crippen LogP contribution in [0.15, 0.2) is 67.0 Å². The van der Waals surface area contributed by atoms with E-state index in [9.17, 15) is 0 Å². The topological polar surface area (TPSA) is 29.0 Å². The van der Waals surface area contributed by atoms with Gasteiger partial charge in [0.2, 0.25) is 0 Å². The third-order valence-corrected chi connectivity index (χ3v) is 4.69. The fourth-order valence-corrected chi connectivity index (χ4v) is 3.20. The van der Waals surface area contributed by atoms with E-state index in [4.69, 9.17) is 11.6 Å². The molecule has 0 unspecified atom stereocenters. The predicted molar refractivity (Wildman–Crippen MR) is 96.9 cm³/mol. The summed E-state index contributed by atoms with van der Waals surface area (Å²) in [4.78, 5) is 11.4. The van der Waals surface area contributed by atoms with Gasteiger partial charge in [-0.1, -0.05) is 41.9 Å². The van der Waals surface area contributed by atoms with Gasteiger partial charge in [-0.15, -0.1) is 0 Å². The first-order valence-corrected chi connectivity index (χ1v) is 8.50. The van der Waals surface area contributed by atoms with Crippen molar-refractivity contribution in [3.63, 3.8) is 0 Å². The van der Waals surface area contributed by atoms with Crippen LogP contribution >= 0.6 is 11.6 Å². The van der Waals surface area contributed by atoms with E-state index in [-0.39, 0.29) is 0 Å². The molecule has 24 heavy (non-hydrogen) atoms. The van der Waals surface area contributed by atoms with E-state index in [0.29, 0.717) is 5.92 Å². The SMILES string of the molecule is Clc1ccc(-c2ncc(CN3CC(c4ccccc4)C3)cn2)cc1. The number of benzene rings is 2. The highest BCUT2D eigenvalue weighted by molar-refractivity contribution is 6.30. The van der Waals surface area contributed by atoms with E-state index >= 15 is 0 Å². The number of rotatable bonds is 4. The second kappa shape index (κ2) is 6.71. The third kappa shape index (κ3) is 3.32. The van der Waals surface area contributed by atoms with Crippen LogP contribution in [0.3, 0.4) is 0 Å². The van der Waals surface area contributed by atoms with Crippen molar-refractivity contribution in [3.8, 4) is 11.4 Å². The first-order chi connectivity index (χ1) is 11.8. The van der Waals surface area contributed by atoms with Crippen molar-refractivity contribution in [2.45, 2.75) is 12.5 Å². The maximum absolute atomic E-state index is 5.91. The molecule has 2 heterocycles. The monoisotopic (exact) mass is 335 g/mol. The van der Waals surface area contributed by atoms with Crippen LogP contribution in [0.4, 0.5) is 0 Å². The molecule has 1 aromatic heterocycles. The lowest BCUT2D eigenvalue weighted by Gasteiger charge is -2.39. The molecule has 0 radical (unpaired) electrons. The molecule has 4 rings (SSSR count). The van der Waals surface area contributed by atoms with Gasteiger partial charge < -0.3 is 0 Å². The minimum atomic E-state index is 0.653. The average Bonchev–Trinajstić information content (AvgIpc) is 2.60. The molecule has 2 aromatic carbocycles. The molecule has 0 spiro atoms. The largest absolute Gasteiger partial charge is 0.298 e. The lowest BCUT2D eigenvalue weighted by atomic mass is 9.91. The van der Waals surface area contributed by atoms with Gasteiger partial charge >= 0.3 is 0 Å². The number of nitrogens with zero attached hydrogens (tertiary/aromatic N) is 3. The smallest absolute Gasteiger partial charge is 0.159 e. The van der Waals surface area contributed by atoms with Crippen molar-refractivity contribution in [1.29, 1.82) is 0 Å². The van der Waals surface area contributed by atoms with E-state index in [1.54, 1.807) is 0 Å². The second-order valence-electron chi connectivity index (χ2n) is 6.22. The van der Waals surface area contributed by atoms with E-state index in [1.165, 1.54) is 5.56 Å². The van der Waals surface area contributed by atoms with Crippen LogP contribution in [-0.2, 0) is 6.54 Å². The summed E-state index contributed by atoms with van der Waals surface area (Å²) in [5.41, 5.74) is 3.57. The van der Waals surface area contributed by atoms with Gasteiger partial charge in [-0.2, -0.15) is 0 Å². The molecule has 1 saturated heterocycles. The third-order valence-electron chi connectivity index (χ3n) is 4.44. The molecule has 0 amide bonds. The normalized spacial score (nSPS) is 15.2. The summed E-state index contributed by atoms with van der Waals surface area (Å²) in [6.07, 6.45) is 3.85. The molecule has 0 aliphatic carbocycles. The highest BCUT2D eigenvalue weighted by atomic mass is 35.5. The Bertz CT molecular complexity index is 795. The molecule has 0 atom stereocenters. The lowest BCUT2D eigenvalue weighted by Crippen LogP contribution is -2.44. The van der Waals surface area contributed by atoms with Gasteiger partial charge in [0.15, 0.2) is 5.82 Å². The lowest BCUT2D eigenvalue weighted by molar-refractivity contribution is 0.139. The van der Waals surface area contributed by atoms with Gasteiger partial charge in [-0.25, -0.2) is 9.97 Å². The Morgan fingerprint density at radius 1 is 0.917 bits per heavy atom. The van der Waals surface area contributed by atoms with Gasteiger partial charge in [-0.3, -0.25) is 4.90 Å². The molecule has 1 aliphatic heterocycles. The summed E-state index contributed by atoms with van der Waals surface area (Å²) in [6, 6.07) is 18.3. The predicted octanol–water partition coefficient (Wildman–Crippen LogP) is 4.40. The van der Waals surface area contributed by atoms with Gasteiger partial charge in [0.05, 0.1) is 0 Å². The minimum Gasteiger partial charge on any atom is -0.298 e. The van der Waals surface area contributed by atoms with Gasteiger partial charge in [0.25, 0.3) is 0 Å². The molecule has 0 N–H and O–H groups in total. The standard InChI is InChI=1S/C20H18ClN3/c21-19-8-6-17(7-9-19)20-22-10-15(11-23-20)12-24-13-18(14-24)16-4-2-1-3-5-16/h1-11,18H,12-14H2. The Morgan fingerprint density at radius 2 is 1.58 bits per heavy atom. The first kappa shape index (κ1) is 15.3. The number of hydrogen-bond acceptors (Lipinski definition) is 3. The molecule has 1 aliphatic rings. The summed E-state index contributed by atoms with van der Waals surface area (Å²) in [5, 5.41) is 0.723. The fraction of sp³-hybridized carbons (Fsp3) is 0.200. The average molecular weight is 336 g/mol. The minimum absolute atomic E-state index is 0.653.